The molecule has 12 heteroatoms. The Bertz CT molecular complexity index is 857. The first-order valence-corrected chi connectivity index (χ1v) is 10.4. The van der Waals surface area contributed by atoms with Crippen LogP contribution in [0.4, 0.5) is 0 Å². The minimum atomic E-state index is -1.67. The number of aliphatic hydroxyl groups excluding tert-OH is 1. The predicted molar refractivity (Wildman–Crippen MR) is 114 cm³/mol. The van der Waals surface area contributed by atoms with Gasteiger partial charge in [-0.2, -0.15) is 0 Å². The van der Waals surface area contributed by atoms with Crippen LogP contribution in [0, 0.1) is 0 Å². The summed E-state index contributed by atoms with van der Waals surface area (Å²) in [6.07, 6.45) is 0.670. The maximum absolute atomic E-state index is 13.0. The number of aliphatic carboxylic acids is 2. The Morgan fingerprint density at radius 1 is 0.939 bits per heavy atom. The molecule has 12 nitrogen and oxygen atoms in total. The van der Waals surface area contributed by atoms with Crippen LogP contribution in [0.3, 0.4) is 0 Å². The number of nitrogens with one attached hydrogen (secondary N) is 4. The summed E-state index contributed by atoms with van der Waals surface area (Å²) in [5.41, 5.74) is 0.725. The minimum absolute atomic E-state index is 0.0843. The van der Waals surface area contributed by atoms with Crippen molar-refractivity contribution in [1.29, 1.82) is 0 Å². The summed E-state index contributed by atoms with van der Waals surface area (Å²) in [5.74, 6) is -5.22. The van der Waals surface area contributed by atoms with Crippen molar-refractivity contribution in [2.24, 2.45) is 0 Å². The monoisotopic (exact) mass is 464 g/mol. The van der Waals surface area contributed by atoms with E-state index < -0.39 is 66.9 Å². The van der Waals surface area contributed by atoms with Gasteiger partial charge >= 0.3 is 11.9 Å². The predicted octanol–water partition coefficient (Wildman–Crippen LogP) is -2.01. The molecule has 3 amide bonds. The topological polar surface area (TPSA) is 194 Å². The fourth-order valence-electron chi connectivity index (χ4n) is 3.35. The summed E-state index contributed by atoms with van der Waals surface area (Å²) in [5, 5.41) is 37.2. The van der Waals surface area contributed by atoms with Gasteiger partial charge in [-0.1, -0.05) is 30.3 Å². The first kappa shape index (κ1) is 25.7. The Kier molecular flexibility index (Phi) is 9.76. The van der Waals surface area contributed by atoms with Gasteiger partial charge in [0.05, 0.1) is 19.1 Å². The highest BCUT2D eigenvalue weighted by molar-refractivity contribution is 5.95. The van der Waals surface area contributed by atoms with Crippen LogP contribution < -0.4 is 21.3 Å². The molecule has 1 saturated heterocycles. The number of rotatable bonds is 12. The molecule has 1 aromatic rings. The zero-order valence-electron chi connectivity index (χ0n) is 17.8. The van der Waals surface area contributed by atoms with E-state index in [0.29, 0.717) is 13.0 Å². The quantitative estimate of drug-likeness (QED) is 0.183. The summed E-state index contributed by atoms with van der Waals surface area (Å²) in [4.78, 5) is 60.3. The highest BCUT2D eigenvalue weighted by atomic mass is 16.4. The molecule has 4 atom stereocenters. The second kappa shape index (κ2) is 12.5. The molecule has 7 N–H and O–H groups in total. The maximum Gasteiger partial charge on any atom is 0.328 e. The number of carbonyl (C=O) groups is 5. The average Bonchev–Trinajstić information content (AvgIpc) is 3.31. The number of carboxylic acid groups (broad SMARTS) is 2. The van der Waals surface area contributed by atoms with E-state index in [1.54, 1.807) is 30.3 Å². The van der Waals surface area contributed by atoms with E-state index in [2.05, 4.69) is 16.0 Å². The van der Waals surface area contributed by atoms with E-state index >= 15 is 0 Å². The van der Waals surface area contributed by atoms with Gasteiger partial charge in [0.15, 0.2) is 0 Å². The summed E-state index contributed by atoms with van der Waals surface area (Å²) in [7, 11) is 0. The fourth-order valence-corrected chi connectivity index (χ4v) is 3.35. The van der Waals surface area contributed by atoms with E-state index in [9.17, 15) is 24.0 Å². The Balaban J connectivity index is 2.17. The van der Waals surface area contributed by atoms with Crippen molar-refractivity contribution in [2.45, 2.75) is 49.9 Å². The van der Waals surface area contributed by atoms with E-state index in [1.807, 2.05) is 5.32 Å². The van der Waals surface area contributed by atoms with Crippen LogP contribution in [0.5, 0.6) is 0 Å². The number of carbonyl (C=O) groups excluding carboxylic acids is 3. The zero-order valence-corrected chi connectivity index (χ0v) is 17.8. The normalized spacial score (nSPS) is 17.9. The van der Waals surface area contributed by atoms with Crippen molar-refractivity contribution in [1.82, 2.24) is 21.3 Å². The largest absolute Gasteiger partial charge is 0.481 e. The smallest absolute Gasteiger partial charge is 0.328 e. The van der Waals surface area contributed by atoms with Gasteiger partial charge in [-0.25, -0.2) is 4.79 Å². The number of hydrogen-bond acceptors (Lipinski definition) is 7. The maximum atomic E-state index is 13.0. The van der Waals surface area contributed by atoms with Crippen molar-refractivity contribution in [2.75, 3.05) is 13.2 Å². The first-order chi connectivity index (χ1) is 15.7. The summed E-state index contributed by atoms with van der Waals surface area (Å²) < 4.78 is 0. The number of benzene rings is 1. The van der Waals surface area contributed by atoms with Crippen LogP contribution in [0.2, 0.25) is 0 Å². The molecule has 1 heterocycles. The standard InChI is InChI=1S/C21H28N4O8/c26-11-16(21(32)33)25-20(31)15(10-17(27)28)24-19(30)14(9-12-5-2-1-3-6-12)23-18(29)13-7-4-8-22-13/h1-3,5-6,13-16,22,26H,4,7-11H2,(H,23,29)(H,24,30)(H,25,31)(H,27,28)(H,32,33). The Morgan fingerprint density at radius 2 is 1.58 bits per heavy atom. The van der Waals surface area contributed by atoms with Crippen LogP contribution in [-0.4, -0.2) is 82.3 Å². The van der Waals surface area contributed by atoms with E-state index in [0.717, 1.165) is 12.0 Å². The highest BCUT2D eigenvalue weighted by Crippen LogP contribution is 2.08. The third-order valence-corrected chi connectivity index (χ3v) is 5.10. The van der Waals surface area contributed by atoms with Crippen molar-refractivity contribution in [3.05, 3.63) is 35.9 Å². The number of hydrogen-bond donors (Lipinski definition) is 7. The lowest BCUT2D eigenvalue weighted by molar-refractivity contribution is -0.144. The Morgan fingerprint density at radius 3 is 2.12 bits per heavy atom. The van der Waals surface area contributed by atoms with E-state index in [-0.39, 0.29) is 6.42 Å². The van der Waals surface area contributed by atoms with Crippen LogP contribution in [0.25, 0.3) is 0 Å². The van der Waals surface area contributed by atoms with Crippen LogP contribution in [-0.2, 0) is 30.4 Å². The van der Waals surface area contributed by atoms with Crippen LogP contribution in [0.15, 0.2) is 30.3 Å². The van der Waals surface area contributed by atoms with Crippen molar-refractivity contribution in [3.63, 3.8) is 0 Å². The molecule has 0 saturated carbocycles. The Hall–Kier alpha value is -3.51. The third-order valence-electron chi connectivity index (χ3n) is 5.10. The second-order valence-electron chi connectivity index (χ2n) is 7.64. The van der Waals surface area contributed by atoms with E-state index in [1.165, 1.54) is 0 Å². The molecule has 1 fully saturated rings. The molecule has 0 aliphatic carbocycles. The lowest BCUT2D eigenvalue weighted by Crippen LogP contribution is -2.58. The second-order valence-corrected chi connectivity index (χ2v) is 7.64. The highest BCUT2D eigenvalue weighted by Gasteiger charge is 2.32. The van der Waals surface area contributed by atoms with Gasteiger partial charge in [-0.05, 0) is 24.9 Å². The van der Waals surface area contributed by atoms with Crippen LogP contribution >= 0.6 is 0 Å². The fraction of sp³-hybridized carbons (Fsp3) is 0.476. The van der Waals surface area contributed by atoms with Gasteiger partial charge in [0, 0.05) is 6.42 Å². The summed E-state index contributed by atoms with van der Waals surface area (Å²) in [6, 6.07) is 3.93. The number of aliphatic hydroxyl groups is 1. The molecular weight excluding hydrogens is 436 g/mol. The third kappa shape index (κ3) is 8.16. The van der Waals surface area contributed by atoms with Gasteiger partial charge in [-0.15, -0.1) is 0 Å². The lowest BCUT2D eigenvalue weighted by atomic mass is 10.0. The van der Waals surface area contributed by atoms with Crippen molar-refractivity contribution < 1.29 is 39.3 Å². The molecule has 1 aliphatic heterocycles. The van der Waals surface area contributed by atoms with Gasteiger partial charge in [-0.3, -0.25) is 19.2 Å². The molecule has 4 unspecified atom stereocenters. The summed E-state index contributed by atoms with van der Waals surface area (Å²) >= 11 is 0. The minimum Gasteiger partial charge on any atom is -0.481 e. The molecular formula is C21H28N4O8. The SMILES string of the molecule is O=C(O)CC(NC(=O)C(Cc1ccccc1)NC(=O)C1CCCN1)C(=O)NC(CO)C(=O)O. The molecule has 0 aromatic heterocycles. The molecule has 180 valence electrons. The zero-order chi connectivity index (χ0) is 24.4. The Labute approximate surface area is 189 Å². The van der Waals surface area contributed by atoms with Gasteiger partial charge in [0.1, 0.15) is 18.1 Å². The molecule has 0 radical (unpaired) electrons. The molecule has 0 spiro atoms. The van der Waals surface area contributed by atoms with Crippen molar-refractivity contribution in [3.8, 4) is 0 Å². The molecule has 2 rings (SSSR count). The summed E-state index contributed by atoms with van der Waals surface area (Å²) in [6.45, 7) is -0.250. The number of amides is 3. The van der Waals surface area contributed by atoms with E-state index in [4.69, 9.17) is 15.3 Å². The lowest BCUT2D eigenvalue weighted by Gasteiger charge is -2.24. The first-order valence-electron chi connectivity index (χ1n) is 10.4. The molecule has 33 heavy (non-hydrogen) atoms. The van der Waals surface area contributed by atoms with Gasteiger partial charge in [0.2, 0.25) is 17.7 Å². The molecule has 0 bridgehead atoms. The van der Waals surface area contributed by atoms with Crippen LogP contribution in [0.1, 0.15) is 24.8 Å². The molecule has 1 aliphatic rings. The molecule has 1 aromatic carbocycles. The average molecular weight is 464 g/mol. The number of carboxylic acids is 2. The van der Waals surface area contributed by atoms with Crippen molar-refractivity contribution >= 4 is 29.7 Å². The van der Waals surface area contributed by atoms with Gasteiger partial charge < -0.3 is 36.6 Å². The van der Waals surface area contributed by atoms with Gasteiger partial charge in [0.25, 0.3) is 0 Å².